The van der Waals surface area contributed by atoms with Crippen molar-refractivity contribution in [2.24, 2.45) is 11.8 Å². The van der Waals surface area contributed by atoms with Gasteiger partial charge in [0, 0.05) is 11.8 Å². The number of urea groups is 1. The van der Waals surface area contributed by atoms with E-state index in [4.69, 9.17) is 4.74 Å². The molecular formula is C22H34N4O7. The number of nitrogens with one attached hydrogen (secondary N) is 4. The largest absolute Gasteiger partial charge is 0.497 e. The predicted octanol–water partition coefficient (Wildman–Crippen LogP) is 0.934. The average Bonchev–Trinajstić information content (AvgIpc) is 2.74. The smallest absolute Gasteiger partial charge is 0.326 e. The van der Waals surface area contributed by atoms with E-state index in [1.54, 1.807) is 38.1 Å². The molecule has 0 heterocycles. The number of amides is 4. The zero-order valence-corrected chi connectivity index (χ0v) is 19.5. The minimum absolute atomic E-state index is 0.000253. The van der Waals surface area contributed by atoms with Gasteiger partial charge < -0.3 is 36.2 Å². The summed E-state index contributed by atoms with van der Waals surface area (Å²) in [6.07, 6.45) is 0.232. The Bertz CT molecular complexity index is 829. The van der Waals surface area contributed by atoms with Gasteiger partial charge in [0.1, 0.15) is 23.9 Å². The van der Waals surface area contributed by atoms with Gasteiger partial charge in [0.15, 0.2) is 0 Å². The maximum Gasteiger partial charge on any atom is 0.326 e. The Balaban J connectivity index is 2.84. The Kier molecular flexibility index (Phi) is 11.1. The maximum atomic E-state index is 12.7. The van der Waals surface area contributed by atoms with Crippen LogP contribution in [0.1, 0.15) is 34.1 Å². The monoisotopic (exact) mass is 466 g/mol. The molecule has 3 atom stereocenters. The SMILES string of the molecule is COc1cccc(NC(=O)N[C@@H](CO)C(=O)N[C@@H](CC(C)C)C(=O)N[C@H](C(=O)O)C(C)C)c1. The van der Waals surface area contributed by atoms with Gasteiger partial charge in [0.2, 0.25) is 11.8 Å². The Morgan fingerprint density at radius 1 is 0.970 bits per heavy atom. The topological polar surface area (TPSA) is 166 Å². The Labute approximate surface area is 193 Å². The van der Waals surface area contributed by atoms with E-state index in [0.717, 1.165) is 0 Å². The maximum absolute atomic E-state index is 12.7. The molecule has 6 N–H and O–H groups in total. The lowest BCUT2D eigenvalue weighted by Crippen LogP contribution is -2.57. The minimum atomic E-state index is -1.33. The molecule has 1 aromatic rings. The fourth-order valence-corrected chi connectivity index (χ4v) is 2.96. The number of carboxylic acids is 1. The number of aliphatic carboxylic acids is 1. The van der Waals surface area contributed by atoms with Crippen LogP contribution < -0.4 is 26.0 Å². The van der Waals surface area contributed by atoms with Crippen LogP contribution in [0.3, 0.4) is 0 Å². The van der Waals surface area contributed by atoms with E-state index < -0.39 is 48.5 Å². The van der Waals surface area contributed by atoms with Crippen LogP contribution in [0.4, 0.5) is 10.5 Å². The second-order valence-electron chi connectivity index (χ2n) is 8.32. The van der Waals surface area contributed by atoms with Crippen LogP contribution in [0.25, 0.3) is 0 Å². The van der Waals surface area contributed by atoms with Crippen LogP contribution in [0.15, 0.2) is 24.3 Å². The molecule has 184 valence electrons. The molecule has 11 nitrogen and oxygen atoms in total. The van der Waals surface area contributed by atoms with E-state index in [0.29, 0.717) is 11.4 Å². The first-order valence-electron chi connectivity index (χ1n) is 10.6. The molecule has 1 aromatic carbocycles. The number of carboxylic acid groups (broad SMARTS) is 1. The van der Waals surface area contributed by atoms with E-state index in [-0.39, 0.29) is 18.3 Å². The predicted molar refractivity (Wildman–Crippen MR) is 122 cm³/mol. The minimum Gasteiger partial charge on any atom is -0.497 e. The number of aliphatic hydroxyl groups is 1. The molecule has 0 unspecified atom stereocenters. The number of methoxy groups -OCH3 is 1. The lowest BCUT2D eigenvalue weighted by atomic mass is 10.00. The third kappa shape index (κ3) is 9.36. The van der Waals surface area contributed by atoms with E-state index in [1.165, 1.54) is 7.11 Å². The third-order valence-electron chi connectivity index (χ3n) is 4.70. The first-order valence-corrected chi connectivity index (χ1v) is 10.6. The molecule has 4 amide bonds. The standard InChI is InChI=1S/C22H34N4O7/c1-12(2)9-16(19(28)26-18(13(3)4)21(30)31)24-20(29)17(11-27)25-22(32)23-14-7-6-8-15(10-14)33-5/h6-8,10,12-13,16-18,27H,9,11H2,1-5H3,(H,24,29)(H,26,28)(H,30,31)(H2,23,25,32)/t16-,17-,18-/m0/s1. The lowest BCUT2D eigenvalue weighted by Gasteiger charge is -2.26. The fourth-order valence-electron chi connectivity index (χ4n) is 2.96. The molecule has 0 aromatic heterocycles. The first-order chi connectivity index (χ1) is 15.5. The molecule has 0 bridgehead atoms. The molecule has 0 spiro atoms. The van der Waals surface area contributed by atoms with Gasteiger partial charge in [-0.1, -0.05) is 33.8 Å². The first kappa shape index (κ1) is 27.7. The molecule has 0 aliphatic carbocycles. The van der Waals surface area contributed by atoms with Crippen molar-refractivity contribution in [3.05, 3.63) is 24.3 Å². The van der Waals surface area contributed by atoms with Crippen molar-refractivity contribution in [2.75, 3.05) is 19.0 Å². The number of anilines is 1. The van der Waals surface area contributed by atoms with Crippen molar-refractivity contribution in [2.45, 2.75) is 52.2 Å². The quantitative estimate of drug-likeness (QED) is 0.266. The van der Waals surface area contributed by atoms with Crippen LogP contribution in [-0.2, 0) is 14.4 Å². The summed E-state index contributed by atoms with van der Waals surface area (Å²) in [6.45, 7) is 6.28. The van der Waals surface area contributed by atoms with E-state index in [2.05, 4.69) is 21.3 Å². The molecule has 0 fully saturated rings. The third-order valence-corrected chi connectivity index (χ3v) is 4.70. The van der Waals surface area contributed by atoms with Gasteiger partial charge in [-0.25, -0.2) is 9.59 Å². The summed E-state index contributed by atoms with van der Waals surface area (Å²) >= 11 is 0. The van der Waals surface area contributed by atoms with Crippen molar-refractivity contribution in [3.63, 3.8) is 0 Å². The van der Waals surface area contributed by atoms with Gasteiger partial charge in [-0.2, -0.15) is 0 Å². The van der Waals surface area contributed by atoms with Gasteiger partial charge in [-0.3, -0.25) is 9.59 Å². The van der Waals surface area contributed by atoms with Gasteiger partial charge >= 0.3 is 12.0 Å². The highest BCUT2D eigenvalue weighted by atomic mass is 16.5. The van der Waals surface area contributed by atoms with Crippen LogP contribution >= 0.6 is 0 Å². The van der Waals surface area contributed by atoms with Crippen LogP contribution in [0.2, 0.25) is 0 Å². The van der Waals surface area contributed by atoms with E-state index >= 15 is 0 Å². The van der Waals surface area contributed by atoms with Crippen molar-refractivity contribution in [3.8, 4) is 5.75 Å². The normalized spacial score (nSPS) is 13.6. The highest BCUT2D eigenvalue weighted by molar-refractivity contribution is 5.96. The second-order valence-corrected chi connectivity index (χ2v) is 8.32. The van der Waals surface area contributed by atoms with Crippen molar-refractivity contribution >= 4 is 29.5 Å². The summed E-state index contributed by atoms with van der Waals surface area (Å²) in [4.78, 5) is 49.1. The number of hydrogen-bond donors (Lipinski definition) is 6. The average molecular weight is 467 g/mol. The van der Waals surface area contributed by atoms with Crippen LogP contribution in [0.5, 0.6) is 5.75 Å². The number of carbonyl (C=O) groups is 4. The zero-order chi connectivity index (χ0) is 25.1. The molecule has 0 saturated carbocycles. The summed E-state index contributed by atoms with van der Waals surface area (Å²) in [5, 5.41) is 28.8. The van der Waals surface area contributed by atoms with Crippen molar-refractivity contribution in [1.82, 2.24) is 16.0 Å². The highest BCUT2D eigenvalue weighted by Gasteiger charge is 2.31. The Morgan fingerprint density at radius 2 is 1.61 bits per heavy atom. The zero-order valence-electron chi connectivity index (χ0n) is 19.5. The summed E-state index contributed by atoms with van der Waals surface area (Å²) in [5.41, 5.74) is 0.411. The Morgan fingerprint density at radius 3 is 2.12 bits per heavy atom. The summed E-state index contributed by atoms with van der Waals surface area (Å²) < 4.78 is 5.08. The van der Waals surface area contributed by atoms with Gasteiger partial charge in [0.05, 0.1) is 13.7 Å². The van der Waals surface area contributed by atoms with E-state index in [9.17, 15) is 29.4 Å². The summed E-state index contributed by atoms with van der Waals surface area (Å²) in [7, 11) is 1.48. The number of carbonyl (C=O) groups excluding carboxylic acids is 3. The summed E-state index contributed by atoms with van der Waals surface area (Å²) in [6, 6.07) is 2.31. The lowest BCUT2D eigenvalue weighted by molar-refractivity contribution is -0.143. The number of ether oxygens (including phenoxy) is 1. The summed E-state index contributed by atoms with van der Waals surface area (Å²) in [5.74, 6) is -2.47. The van der Waals surface area contributed by atoms with Gasteiger partial charge in [-0.05, 0) is 30.4 Å². The van der Waals surface area contributed by atoms with Gasteiger partial charge in [0.25, 0.3) is 0 Å². The molecule has 0 saturated heterocycles. The molecule has 0 aliphatic rings. The number of rotatable bonds is 12. The number of benzene rings is 1. The molecule has 33 heavy (non-hydrogen) atoms. The van der Waals surface area contributed by atoms with Crippen LogP contribution in [-0.4, -0.2) is 65.9 Å². The van der Waals surface area contributed by atoms with Crippen molar-refractivity contribution < 1.29 is 34.1 Å². The molecule has 11 heteroatoms. The molecule has 0 radical (unpaired) electrons. The van der Waals surface area contributed by atoms with Crippen molar-refractivity contribution in [1.29, 1.82) is 0 Å². The van der Waals surface area contributed by atoms with Crippen LogP contribution in [0, 0.1) is 11.8 Å². The molecular weight excluding hydrogens is 432 g/mol. The molecule has 0 aliphatic heterocycles. The number of hydrogen-bond acceptors (Lipinski definition) is 6. The number of aliphatic hydroxyl groups excluding tert-OH is 1. The van der Waals surface area contributed by atoms with E-state index in [1.807, 2.05) is 13.8 Å². The second kappa shape index (κ2) is 13.3. The fraction of sp³-hybridized carbons (Fsp3) is 0.545. The van der Waals surface area contributed by atoms with Gasteiger partial charge in [-0.15, -0.1) is 0 Å². The highest BCUT2D eigenvalue weighted by Crippen LogP contribution is 2.16. The Hall–Kier alpha value is -3.34. The molecule has 1 rings (SSSR count).